The Balaban J connectivity index is 1.30. The highest BCUT2D eigenvalue weighted by molar-refractivity contribution is 5.97. The topological polar surface area (TPSA) is 121 Å². The van der Waals surface area contributed by atoms with Gasteiger partial charge in [0.2, 0.25) is 0 Å². The van der Waals surface area contributed by atoms with E-state index < -0.39 is 11.5 Å². The third-order valence-corrected chi connectivity index (χ3v) is 5.86. The highest BCUT2D eigenvalue weighted by Crippen LogP contribution is 2.24. The van der Waals surface area contributed by atoms with Crippen LogP contribution in [0.2, 0.25) is 0 Å². The second-order valence-corrected chi connectivity index (χ2v) is 8.35. The van der Waals surface area contributed by atoms with Gasteiger partial charge in [0, 0.05) is 11.9 Å². The lowest BCUT2D eigenvalue weighted by Crippen LogP contribution is -2.31. The van der Waals surface area contributed by atoms with Crippen LogP contribution in [0.25, 0.3) is 22.0 Å². The van der Waals surface area contributed by atoms with Crippen LogP contribution < -0.4 is 21.2 Å². The molecule has 0 unspecified atom stereocenters. The molecule has 3 aromatic heterocycles. The number of rotatable bonds is 7. The Kier molecular flexibility index (Phi) is 6.07. The standard InChI is InChI=1S/C26H23N5O5/c1-16-5-3-6-17(11-16)14-30-15-28-23-20(25(30)33)13-29-31(23)10-9-27-24(32)19-12-18-7-4-8-21(35-2)22(18)36-26(19)34/h3-8,11-13,15H,9-10,14H2,1-2H3,(H,27,32). The Labute approximate surface area is 204 Å². The van der Waals surface area contributed by atoms with Crippen LogP contribution in [0.1, 0.15) is 21.5 Å². The van der Waals surface area contributed by atoms with Crippen LogP contribution in [0.5, 0.6) is 5.75 Å². The van der Waals surface area contributed by atoms with E-state index in [-0.39, 0.29) is 29.8 Å². The second-order valence-electron chi connectivity index (χ2n) is 8.35. The number of fused-ring (bicyclic) bond motifs is 2. The molecule has 0 radical (unpaired) electrons. The van der Waals surface area contributed by atoms with E-state index in [1.54, 1.807) is 27.4 Å². The minimum Gasteiger partial charge on any atom is -0.493 e. The van der Waals surface area contributed by atoms with Crippen molar-refractivity contribution in [2.75, 3.05) is 13.7 Å². The van der Waals surface area contributed by atoms with Crippen molar-refractivity contribution in [1.82, 2.24) is 24.6 Å². The lowest BCUT2D eigenvalue weighted by Gasteiger charge is -2.08. The summed E-state index contributed by atoms with van der Waals surface area (Å²) in [5, 5.41) is 7.92. The number of carbonyl (C=O) groups is 1. The predicted octanol–water partition coefficient (Wildman–Crippen LogP) is 2.49. The first kappa shape index (κ1) is 23.0. The van der Waals surface area contributed by atoms with E-state index >= 15 is 0 Å². The molecule has 0 fully saturated rings. The molecular weight excluding hydrogens is 462 g/mol. The molecule has 0 aliphatic rings. The van der Waals surface area contributed by atoms with Crippen molar-refractivity contribution >= 4 is 27.9 Å². The van der Waals surface area contributed by atoms with Gasteiger partial charge in [-0.1, -0.05) is 42.0 Å². The van der Waals surface area contributed by atoms with Gasteiger partial charge in [-0.25, -0.2) is 14.5 Å². The van der Waals surface area contributed by atoms with E-state index in [2.05, 4.69) is 15.4 Å². The minimum absolute atomic E-state index is 0.113. The van der Waals surface area contributed by atoms with Gasteiger partial charge in [0.15, 0.2) is 17.0 Å². The van der Waals surface area contributed by atoms with E-state index in [1.807, 2.05) is 31.2 Å². The van der Waals surface area contributed by atoms with Gasteiger partial charge in [-0.05, 0) is 24.6 Å². The van der Waals surface area contributed by atoms with E-state index in [4.69, 9.17) is 9.15 Å². The van der Waals surface area contributed by atoms with Crippen LogP contribution in [0, 0.1) is 6.92 Å². The molecule has 0 saturated carbocycles. The number of ether oxygens (including phenoxy) is 1. The molecule has 0 saturated heterocycles. The summed E-state index contributed by atoms with van der Waals surface area (Å²) in [6.07, 6.45) is 2.98. The van der Waals surface area contributed by atoms with Crippen LogP contribution >= 0.6 is 0 Å². The summed E-state index contributed by atoms with van der Waals surface area (Å²) in [6, 6.07) is 14.6. The van der Waals surface area contributed by atoms with Gasteiger partial charge in [-0.3, -0.25) is 14.2 Å². The van der Waals surface area contributed by atoms with Crippen molar-refractivity contribution in [2.24, 2.45) is 0 Å². The summed E-state index contributed by atoms with van der Waals surface area (Å²) < 4.78 is 13.6. The van der Waals surface area contributed by atoms with Crippen LogP contribution in [0.4, 0.5) is 0 Å². The summed E-state index contributed by atoms with van der Waals surface area (Å²) in [6.45, 7) is 2.83. The minimum atomic E-state index is -0.759. The molecule has 0 bridgehead atoms. The number of amides is 1. The van der Waals surface area contributed by atoms with E-state index in [9.17, 15) is 14.4 Å². The Morgan fingerprint density at radius 2 is 1.97 bits per heavy atom. The van der Waals surface area contributed by atoms with Crippen molar-refractivity contribution in [2.45, 2.75) is 20.0 Å². The molecule has 0 spiro atoms. The third-order valence-electron chi connectivity index (χ3n) is 5.86. The molecule has 0 atom stereocenters. The molecule has 5 aromatic rings. The van der Waals surface area contributed by atoms with Gasteiger partial charge >= 0.3 is 5.63 Å². The zero-order valence-corrected chi connectivity index (χ0v) is 19.7. The van der Waals surface area contributed by atoms with Crippen molar-refractivity contribution < 1.29 is 13.9 Å². The number of aryl methyl sites for hydroxylation is 1. The molecule has 10 heteroatoms. The number of carbonyl (C=O) groups excluding carboxylic acids is 1. The van der Waals surface area contributed by atoms with Gasteiger partial charge in [-0.2, -0.15) is 5.10 Å². The zero-order valence-electron chi connectivity index (χ0n) is 19.7. The molecule has 2 aromatic carbocycles. The van der Waals surface area contributed by atoms with Crippen molar-refractivity contribution in [3.05, 3.63) is 98.5 Å². The average Bonchev–Trinajstić information content (AvgIpc) is 3.28. The summed E-state index contributed by atoms with van der Waals surface area (Å²) >= 11 is 0. The van der Waals surface area contributed by atoms with Crippen molar-refractivity contribution in [1.29, 1.82) is 0 Å². The molecule has 1 amide bonds. The molecular formula is C26H23N5O5. The van der Waals surface area contributed by atoms with Crippen LogP contribution in [0.15, 0.2) is 75.1 Å². The Morgan fingerprint density at radius 3 is 2.78 bits per heavy atom. The second kappa shape index (κ2) is 9.49. The average molecular weight is 486 g/mol. The number of methoxy groups -OCH3 is 1. The summed E-state index contributed by atoms with van der Waals surface area (Å²) in [7, 11) is 1.47. The lowest BCUT2D eigenvalue weighted by atomic mass is 10.1. The molecule has 10 nitrogen and oxygen atoms in total. The first-order chi connectivity index (χ1) is 17.4. The maximum absolute atomic E-state index is 12.9. The van der Waals surface area contributed by atoms with Gasteiger partial charge < -0.3 is 14.5 Å². The number of benzene rings is 2. The number of hydrogen-bond donors (Lipinski definition) is 1. The van der Waals surface area contributed by atoms with Crippen LogP contribution in [-0.4, -0.2) is 38.9 Å². The SMILES string of the molecule is COc1cccc2cc(C(=O)NCCn3ncc4c(=O)n(Cc5cccc(C)c5)cnc43)c(=O)oc12. The fraction of sp³-hybridized carbons (Fsp3) is 0.192. The quantitative estimate of drug-likeness (QED) is 0.352. The van der Waals surface area contributed by atoms with E-state index in [0.717, 1.165) is 11.1 Å². The fourth-order valence-corrected chi connectivity index (χ4v) is 4.09. The Bertz CT molecular complexity index is 1720. The number of para-hydroxylation sites is 1. The predicted molar refractivity (Wildman–Crippen MR) is 133 cm³/mol. The number of nitrogens with one attached hydrogen (secondary N) is 1. The Hall–Kier alpha value is -4.73. The fourth-order valence-electron chi connectivity index (χ4n) is 4.09. The lowest BCUT2D eigenvalue weighted by molar-refractivity contribution is 0.0948. The van der Waals surface area contributed by atoms with Gasteiger partial charge in [-0.15, -0.1) is 0 Å². The van der Waals surface area contributed by atoms with Gasteiger partial charge in [0.1, 0.15) is 17.3 Å². The molecule has 36 heavy (non-hydrogen) atoms. The first-order valence-electron chi connectivity index (χ1n) is 11.3. The first-order valence-corrected chi connectivity index (χ1v) is 11.3. The highest BCUT2D eigenvalue weighted by atomic mass is 16.5. The van der Waals surface area contributed by atoms with E-state index in [1.165, 1.54) is 25.7 Å². The molecule has 5 rings (SSSR count). The monoisotopic (exact) mass is 485 g/mol. The number of aromatic nitrogens is 4. The van der Waals surface area contributed by atoms with Crippen LogP contribution in [-0.2, 0) is 13.1 Å². The largest absolute Gasteiger partial charge is 0.493 e. The van der Waals surface area contributed by atoms with Gasteiger partial charge in [0.25, 0.3) is 11.5 Å². The molecule has 182 valence electrons. The summed E-state index contributed by atoms with van der Waals surface area (Å²) in [4.78, 5) is 42.4. The molecule has 3 heterocycles. The number of nitrogens with zero attached hydrogens (tertiary/aromatic N) is 4. The van der Waals surface area contributed by atoms with E-state index in [0.29, 0.717) is 28.7 Å². The third kappa shape index (κ3) is 4.36. The van der Waals surface area contributed by atoms with Crippen molar-refractivity contribution in [3.63, 3.8) is 0 Å². The Morgan fingerprint density at radius 1 is 1.14 bits per heavy atom. The molecule has 1 N–H and O–H groups in total. The zero-order chi connectivity index (χ0) is 25.2. The summed E-state index contributed by atoms with van der Waals surface area (Å²) in [5.41, 5.74) is 1.76. The number of hydrogen-bond acceptors (Lipinski definition) is 7. The normalized spacial score (nSPS) is 11.2. The smallest absolute Gasteiger partial charge is 0.349 e. The molecule has 0 aliphatic carbocycles. The maximum atomic E-state index is 12.9. The van der Waals surface area contributed by atoms with Crippen molar-refractivity contribution in [3.8, 4) is 5.75 Å². The summed E-state index contributed by atoms with van der Waals surface area (Å²) in [5.74, 6) is -0.161. The maximum Gasteiger partial charge on any atom is 0.349 e. The van der Waals surface area contributed by atoms with Crippen LogP contribution in [0.3, 0.4) is 0 Å². The van der Waals surface area contributed by atoms with Gasteiger partial charge in [0.05, 0.1) is 26.4 Å². The molecule has 0 aliphatic heterocycles. The highest BCUT2D eigenvalue weighted by Gasteiger charge is 2.16.